The third-order valence-electron chi connectivity index (χ3n) is 2.37. The number of rotatable bonds is 3. The van der Waals surface area contributed by atoms with Gasteiger partial charge >= 0.3 is 0 Å². The van der Waals surface area contributed by atoms with Gasteiger partial charge in [0.15, 0.2) is 5.82 Å². The van der Waals surface area contributed by atoms with E-state index in [1.807, 2.05) is 36.7 Å². The Morgan fingerprint density at radius 2 is 2.25 bits per heavy atom. The van der Waals surface area contributed by atoms with Crippen molar-refractivity contribution < 1.29 is 0 Å². The minimum atomic E-state index is 0.610. The van der Waals surface area contributed by atoms with Crippen molar-refractivity contribution in [2.24, 2.45) is 7.05 Å². The average Bonchev–Trinajstić information content (AvgIpc) is 2.63. The van der Waals surface area contributed by atoms with Gasteiger partial charge in [0.2, 0.25) is 0 Å². The fourth-order valence-electron chi connectivity index (χ4n) is 1.40. The number of hydrogen-bond donors (Lipinski definition) is 1. The van der Waals surface area contributed by atoms with Crippen LogP contribution in [0.3, 0.4) is 0 Å². The van der Waals surface area contributed by atoms with Gasteiger partial charge in [0, 0.05) is 7.05 Å². The fourth-order valence-corrected chi connectivity index (χ4v) is 1.71. The molecule has 0 saturated carbocycles. The summed E-state index contributed by atoms with van der Waals surface area (Å²) in [6.45, 7) is 2.62. The highest BCUT2D eigenvalue weighted by Gasteiger charge is 2.03. The third-order valence-corrected chi connectivity index (χ3v) is 2.68. The summed E-state index contributed by atoms with van der Waals surface area (Å²) in [6.07, 6.45) is 1.67. The van der Waals surface area contributed by atoms with Gasteiger partial charge in [-0.25, -0.2) is 0 Å². The summed E-state index contributed by atoms with van der Waals surface area (Å²) < 4.78 is 1.87. The van der Waals surface area contributed by atoms with Crippen molar-refractivity contribution in [1.82, 2.24) is 14.8 Å². The smallest absolute Gasteiger partial charge is 0.151 e. The van der Waals surface area contributed by atoms with Crippen molar-refractivity contribution in [2.75, 3.05) is 5.32 Å². The van der Waals surface area contributed by atoms with Crippen molar-refractivity contribution in [1.29, 1.82) is 0 Å². The quantitative estimate of drug-likeness (QED) is 0.890. The van der Waals surface area contributed by atoms with E-state index in [9.17, 15) is 0 Å². The van der Waals surface area contributed by atoms with E-state index < -0.39 is 0 Å². The lowest BCUT2D eigenvalue weighted by Crippen LogP contribution is -2.05. The topological polar surface area (TPSA) is 42.7 Å². The fraction of sp³-hybridized carbons (Fsp3) is 0.273. The first kappa shape index (κ1) is 11.0. The first-order chi connectivity index (χ1) is 7.66. The number of nitrogens with zero attached hydrogens (tertiary/aromatic N) is 3. The molecule has 0 aliphatic rings. The maximum Gasteiger partial charge on any atom is 0.151 e. The van der Waals surface area contributed by atoms with E-state index in [-0.39, 0.29) is 0 Å². The number of benzene rings is 1. The van der Waals surface area contributed by atoms with E-state index in [0.717, 1.165) is 22.1 Å². The lowest BCUT2D eigenvalue weighted by Gasteiger charge is -2.08. The van der Waals surface area contributed by atoms with Gasteiger partial charge in [0.25, 0.3) is 0 Å². The number of hydrogen-bond acceptors (Lipinski definition) is 3. The van der Waals surface area contributed by atoms with Crippen LogP contribution in [0, 0.1) is 6.92 Å². The SMILES string of the molecule is Cc1ccc(NCc2nncn2C)c(Cl)c1. The molecule has 1 aromatic heterocycles. The van der Waals surface area contributed by atoms with Gasteiger partial charge in [-0.3, -0.25) is 0 Å². The number of halogens is 1. The van der Waals surface area contributed by atoms with E-state index in [1.54, 1.807) is 6.33 Å². The summed E-state index contributed by atoms with van der Waals surface area (Å²) in [7, 11) is 1.91. The van der Waals surface area contributed by atoms with Gasteiger partial charge in [0.1, 0.15) is 6.33 Å². The predicted octanol–water partition coefficient (Wildman–Crippen LogP) is 2.39. The van der Waals surface area contributed by atoms with Gasteiger partial charge in [-0.05, 0) is 24.6 Å². The molecule has 0 saturated heterocycles. The van der Waals surface area contributed by atoms with Crippen LogP contribution in [0.4, 0.5) is 5.69 Å². The molecule has 2 rings (SSSR count). The van der Waals surface area contributed by atoms with E-state index in [1.165, 1.54) is 0 Å². The summed E-state index contributed by atoms with van der Waals surface area (Å²) in [4.78, 5) is 0. The second-order valence-corrected chi connectivity index (χ2v) is 4.10. The molecule has 1 aromatic carbocycles. The average molecular weight is 237 g/mol. The molecule has 0 fully saturated rings. The summed E-state index contributed by atoms with van der Waals surface area (Å²) in [5, 5.41) is 11.7. The summed E-state index contributed by atoms with van der Waals surface area (Å²) >= 11 is 6.10. The zero-order valence-electron chi connectivity index (χ0n) is 9.24. The van der Waals surface area contributed by atoms with E-state index in [4.69, 9.17) is 11.6 Å². The maximum absolute atomic E-state index is 6.10. The Balaban J connectivity index is 2.08. The molecule has 0 aliphatic carbocycles. The molecule has 0 amide bonds. The Bertz CT molecular complexity index is 492. The molecular weight excluding hydrogens is 224 g/mol. The Morgan fingerprint density at radius 3 is 2.88 bits per heavy atom. The van der Waals surface area contributed by atoms with Crippen molar-refractivity contribution in [3.63, 3.8) is 0 Å². The van der Waals surface area contributed by atoms with Crippen molar-refractivity contribution >= 4 is 17.3 Å². The molecule has 0 aliphatic heterocycles. The molecule has 16 heavy (non-hydrogen) atoms. The molecular formula is C11H13ClN4. The Kier molecular flexibility index (Phi) is 3.10. The number of nitrogens with one attached hydrogen (secondary N) is 1. The number of anilines is 1. The third kappa shape index (κ3) is 2.33. The molecule has 1 N–H and O–H groups in total. The van der Waals surface area contributed by atoms with Gasteiger partial charge in [-0.15, -0.1) is 10.2 Å². The van der Waals surface area contributed by atoms with E-state index in [2.05, 4.69) is 15.5 Å². The van der Waals surface area contributed by atoms with Crippen LogP contribution in [0.15, 0.2) is 24.5 Å². The summed E-state index contributed by atoms with van der Waals surface area (Å²) in [6, 6.07) is 5.92. The Hall–Kier alpha value is -1.55. The van der Waals surface area contributed by atoms with Gasteiger partial charge < -0.3 is 9.88 Å². The maximum atomic E-state index is 6.10. The Labute approximate surface area is 99.3 Å². The van der Waals surface area contributed by atoms with Crippen LogP contribution in [-0.2, 0) is 13.6 Å². The van der Waals surface area contributed by atoms with Crippen LogP contribution in [0.25, 0.3) is 0 Å². The van der Waals surface area contributed by atoms with Gasteiger partial charge in [-0.2, -0.15) is 0 Å². The van der Waals surface area contributed by atoms with Crippen LogP contribution >= 0.6 is 11.6 Å². The second-order valence-electron chi connectivity index (χ2n) is 3.69. The molecule has 0 spiro atoms. The highest BCUT2D eigenvalue weighted by molar-refractivity contribution is 6.33. The predicted molar refractivity (Wildman–Crippen MR) is 64.5 cm³/mol. The molecule has 4 nitrogen and oxygen atoms in total. The monoisotopic (exact) mass is 236 g/mol. The molecule has 0 radical (unpaired) electrons. The zero-order chi connectivity index (χ0) is 11.5. The van der Waals surface area contributed by atoms with Gasteiger partial charge in [0.05, 0.1) is 17.3 Å². The molecule has 0 atom stereocenters. The Morgan fingerprint density at radius 1 is 1.44 bits per heavy atom. The molecule has 0 unspecified atom stereocenters. The molecule has 1 heterocycles. The second kappa shape index (κ2) is 4.53. The van der Waals surface area contributed by atoms with Gasteiger partial charge in [-0.1, -0.05) is 17.7 Å². The molecule has 2 aromatic rings. The highest BCUT2D eigenvalue weighted by Crippen LogP contribution is 2.22. The number of aryl methyl sites for hydroxylation is 2. The minimum Gasteiger partial charge on any atom is -0.377 e. The molecule has 0 bridgehead atoms. The highest BCUT2D eigenvalue weighted by atomic mass is 35.5. The lowest BCUT2D eigenvalue weighted by atomic mass is 10.2. The lowest BCUT2D eigenvalue weighted by molar-refractivity contribution is 0.812. The van der Waals surface area contributed by atoms with Crippen molar-refractivity contribution in [2.45, 2.75) is 13.5 Å². The van der Waals surface area contributed by atoms with Crippen LogP contribution in [-0.4, -0.2) is 14.8 Å². The zero-order valence-corrected chi connectivity index (χ0v) is 9.99. The summed E-state index contributed by atoms with van der Waals surface area (Å²) in [5.41, 5.74) is 2.06. The first-order valence-corrected chi connectivity index (χ1v) is 5.37. The van der Waals surface area contributed by atoms with Crippen LogP contribution in [0.1, 0.15) is 11.4 Å². The van der Waals surface area contributed by atoms with Crippen LogP contribution in [0.2, 0.25) is 5.02 Å². The van der Waals surface area contributed by atoms with Crippen molar-refractivity contribution in [3.8, 4) is 0 Å². The van der Waals surface area contributed by atoms with Crippen molar-refractivity contribution in [3.05, 3.63) is 40.9 Å². The summed E-state index contributed by atoms with van der Waals surface area (Å²) in [5.74, 6) is 0.872. The van der Waals surface area contributed by atoms with Crippen LogP contribution in [0.5, 0.6) is 0 Å². The molecule has 5 heteroatoms. The molecule has 84 valence electrons. The first-order valence-electron chi connectivity index (χ1n) is 4.99. The van der Waals surface area contributed by atoms with E-state index >= 15 is 0 Å². The largest absolute Gasteiger partial charge is 0.377 e. The van der Waals surface area contributed by atoms with E-state index in [0.29, 0.717) is 6.54 Å². The van der Waals surface area contributed by atoms with Crippen LogP contribution < -0.4 is 5.32 Å². The standard InChI is InChI=1S/C11H13ClN4/c1-8-3-4-10(9(12)5-8)13-6-11-15-14-7-16(11)2/h3-5,7,13H,6H2,1-2H3. The normalized spacial score (nSPS) is 10.4. The number of aromatic nitrogens is 3. The minimum absolute atomic E-state index is 0.610.